The third kappa shape index (κ3) is 2.31. The van der Waals surface area contributed by atoms with E-state index in [1.165, 1.54) is 17.0 Å². The van der Waals surface area contributed by atoms with Gasteiger partial charge in [0.05, 0.1) is 0 Å². The summed E-state index contributed by atoms with van der Waals surface area (Å²) in [6, 6.07) is 9.81. The number of rotatable bonds is 3. The van der Waals surface area contributed by atoms with Crippen LogP contribution in [-0.4, -0.2) is 30.3 Å². The number of amides is 1. The second kappa shape index (κ2) is 5.36. The zero-order valence-electron chi connectivity index (χ0n) is 9.99. The topological polar surface area (TPSA) is 20.3 Å². The Morgan fingerprint density at radius 3 is 2.56 bits per heavy atom. The molecule has 2 rings (SSSR count). The molecule has 0 aliphatic rings. The highest BCUT2D eigenvalue weighted by Crippen LogP contribution is 2.22. The van der Waals surface area contributed by atoms with Crippen LogP contribution in [0.2, 0.25) is 0 Å². The Kier molecular flexibility index (Phi) is 3.82. The molecule has 2 aromatic rings. The molecule has 0 saturated carbocycles. The van der Waals surface area contributed by atoms with Crippen LogP contribution in [0.3, 0.4) is 0 Å². The molecule has 0 spiro atoms. The molecular formula is C14H13ClFNO. The summed E-state index contributed by atoms with van der Waals surface area (Å²) in [6.45, 7) is 0.464. The van der Waals surface area contributed by atoms with Crippen molar-refractivity contribution < 1.29 is 9.18 Å². The van der Waals surface area contributed by atoms with Gasteiger partial charge in [0.2, 0.25) is 0 Å². The molecule has 94 valence electrons. The number of carbonyl (C=O) groups excluding carboxylic acids is 1. The first-order valence-corrected chi connectivity index (χ1v) is 6.17. The quantitative estimate of drug-likeness (QED) is 0.780. The SMILES string of the molecule is CN(CCCl)C(=O)c1ccc(F)c2ccccc12. The first-order valence-electron chi connectivity index (χ1n) is 5.64. The average molecular weight is 266 g/mol. The van der Waals surface area contributed by atoms with Crippen molar-refractivity contribution in [1.29, 1.82) is 0 Å². The highest BCUT2D eigenvalue weighted by atomic mass is 35.5. The maximum absolute atomic E-state index is 13.6. The van der Waals surface area contributed by atoms with E-state index in [-0.39, 0.29) is 11.7 Å². The Morgan fingerprint density at radius 1 is 1.22 bits per heavy atom. The molecule has 0 heterocycles. The van der Waals surface area contributed by atoms with Gasteiger partial charge in [-0.3, -0.25) is 4.79 Å². The largest absolute Gasteiger partial charge is 0.340 e. The first kappa shape index (κ1) is 12.8. The van der Waals surface area contributed by atoms with Gasteiger partial charge in [0, 0.05) is 30.4 Å². The Labute approximate surface area is 110 Å². The van der Waals surface area contributed by atoms with E-state index in [0.29, 0.717) is 28.8 Å². The number of fused-ring (bicyclic) bond motifs is 1. The summed E-state index contributed by atoms with van der Waals surface area (Å²) in [5.41, 5.74) is 0.500. The lowest BCUT2D eigenvalue weighted by Crippen LogP contribution is -2.28. The van der Waals surface area contributed by atoms with Crippen molar-refractivity contribution >= 4 is 28.3 Å². The van der Waals surface area contributed by atoms with Gasteiger partial charge in [0.25, 0.3) is 5.91 Å². The Bertz CT molecular complexity index is 585. The summed E-state index contributed by atoms with van der Waals surface area (Å²) in [4.78, 5) is 13.7. The first-order chi connectivity index (χ1) is 8.65. The van der Waals surface area contributed by atoms with Gasteiger partial charge in [0.15, 0.2) is 0 Å². The number of carbonyl (C=O) groups is 1. The summed E-state index contributed by atoms with van der Waals surface area (Å²) in [5.74, 6) is -0.0875. The van der Waals surface area contributed by atoms with Crippen LogP contribution in [0.15, 0.2) is 36.4 Å². The van der Waals surface area contributed by atoms with Crippen molar-refractivity contribution in [2.75, 3.05) is 19.5 Å². The second-order valence-corrected chi connectivity index (χ2v) is 4.43. The van der Waals surface area contributed by atoms with Crippen LogP contribution in [0.25, 0.3) is 10.8 Å². The molecule has 0 unspecified atom stereocenters. The van der Waals surface area contributed by atoms with Crippen LogP contribution in [0, 0.1) is 5.82 Å². The standard InChI is InChI=1S/C14H13ClFNO/c1-17(9-8-15)14(18)12-6-7-13(16)11-5-3-2-4-10(11)12/h2-7H,8-9H2,1H3. The molecule has 0 bridgehead atoms. The molecular weight excluding hydrogens is 253 g/mol. The Hall–Kier alpha value is -1.61. The third-order valence-corrected chi connectivity index (χ3v) is 3.04. The van der Waals surface area contributed by atoms with E-state index < -0.39 is 0 Å². The summed E-state index contributed by atoms with van der Waals surface area (Å²) in [7, 11) is 1.68. The van der Waals surface area contributed by atoms with Crippen LogP contribution in [0.1, 0.15) is 10.4 Å². The van der Waals surface area contributed by atoms with E-state index >= 15 is 0 Å². The lowest BCUT2D eigenvalue weighted by molar-refractivity contribution is 0.0805. The maximum atomic E-state index is 13.6. The van der Waals surface area contributed by atoms with Crippen LogP contribution in [-0.2, 0) is 0 Å². The monoisotopic (exact) mass is 265 g/mol. The molecule has 4 heteroatoms. The van der Waals surface area contributed by atoms with E-state index in [4.69, 9.17) is 11.6 Å². The normalized spacial score (nSPS) is 10.6. The van der Waals surface area contributed by atoms with E-state index in [0.717, 1.165) is 0 Å². The van der Waals surface area contributed by atoms with Gasteiger partial charge in [-0.25, -0.2) is 4.39 Å². The van der Waals surface area contributed by atoms with Gasteiger partial charge >= 0.3 is 0 Å². The molecule has 2 nitrogen and oxygen atoms in total. The van der Waals surface area contributed by atoms with Crippen molar-refractivity contribution in [3.05, 3.63) is 47.8 Å². The Balaban J connectivity index is 2.52. The minimum atomic E-state index is -0.317. The van der Waals surface area contributed by atoms with Crippen molar-refractivity contribution in [3.63, 3.8) is 0 Å². The lowest BCUT2D eigenvalue weighted by atomic mass is 10.0. The van der Waals surface area contributed by atoms with Gasteiger partial charge < -0.3 is 4.90 Å². The molecule has 0 fully saturated rings. The maximum Gasteiger partial charge on any atom is 0.254 e. The third-order valence-electron chi connectivity index (χ3n) is 2.87. The molecule has 0 radical (unpaired) electrons. The van der Waals surface area contributed by atoms with Crippen LogP contribution in [0.5, 0.6) is 0 Å². The van der Waals surface area contributed by atoms with Crippen molar-refractivity contribution in [1.82, 2.24) is 4.90 Å². The van der Waals surface area contributed by atoms with Gasteiger partial charge in [-0.1, -0.05) is 24.3 Å². The fourth-order valence-electron chi connectivity index (χ4n) is 1.88. The van der Waals surface area contributed by atoms with Gasteiger partial charge in [-0.2, -0.15) is 0 Å². The summed E-state index contributed by atoms with van der Waals surface area (Å²) < 4.78 is 13.6. The van der Waals surface area contributed by atoms with E-state index in [1.54, 1.807) is 31.3 Å². The molecule has 1 amide bonds. The molecule has 0 atom stereocenters. The number of hydrogen-bond donors (Lipinski definition) is 0. The van der Waals surface area contributed by atoms with E-state index in [9.17, 15) is 9.18 Å². The summed E-state index contributed by atoms with van der Waals surface area (Å²) >= 11 is 5.62. The van der Waals surface area contributed by atoms with Crippen molar-refractivity contribution in [2.24, 2.45) is 0 Å². The number of benzene rings is 2. The van der Waals surface area contributed by atoms with Crippen LogP contribution >= 0.6 is 11.6 Å². The number of alkyl halides is 1. The zero-order chi connectivity index (χ0) is 13.1. The number of hydrogen-bond acceptors (Lipinski definition) is 1. The fraction of sp³-hybridized carbons (Fsp3) is 0.214. The summed E-state index contributed by atoms with van der Waals surface area (Å²) in [5, 5.41) is 1.09. The van der Waals surface area contributed by atoms with Gasteiger partial charge in [-0.15, -0.1) is 11.6 Å². The second-order valence-electron chi connectivity index (χ2n) is 4.06. The molecule has 18 heavy (non-hydrogen) atoms. The molecule has 0 aliphatic heterocycles. The van der Waals surface area contributed by atoms with Crippen molar-refractivity contribution in [2.45, 2.75) is 0 Å². The highest BCUT2D eigenvalue weighted by Gasteiger charge is 2.15. The van der Waals surface area contributed by atoms with Crippen LogP contribution in [0.4, 0.5) is 4.39 Å². The predicted molar refractivity (Wildman–Crippen MR) is 71.6 cm³/mol. The molecule has 0 N–H and O–H groups in total. The zero-order valence-corrected chi connectivity index (χ0v) is 10.7. The van der Waals surface area contributed by atoms with Gasteiger partial charge in [-0.05, 0) is 17.5 Å². The average Bonchev–Trinajstić information content (AvgIpc) is 2.39. The lowest BCUT2D eigenvalue weighted by Gasteiger charge is -2.17. The molecule has 0 saturated heterocycles. The number of nitrogens with zero attached hydrogens (tertiary/aromatic N) is 1. The van der Waals surface area contributed by atoms with E-state index in [1.807, 2.05) is 0 Å². The molecule has 0 aromatic heterocycles. The van der Waals surface area contributed by atoms with Gasteiger partial charge in [0.1, 0.15) is 5.82 Å². The van der Waals surface area contributed by atoms with Crippen LogP contribution < -0.4 is 0 Å². The highest BCUT2D eigenvalue weighted by molar-refractivity contribution is 6.18. The molecule has 0 aliphatic carbocycles. The summed E-state index contributed by atoms with van der Waals surface area (Å²) in [6.07, 6.45) is 0. The minimum Gasteiger partial charge on any atom is -0.340 e. The minimum absolute atomic E-state index is 0.146. The fourth-order valence-corrected chi connectivity index (χ4v) is 2.14. The smallest absolute Gasteiger partial charge is 0.254 e. The van der Waals surface area contributed by atoms with Crippen molar-refractivity contribution in [3.8, 4) is 0 Å². The Morgan fingerprint density at radius 2 is 1.89 bits per heavy atom. The predicted octanol–water partition coefficient (Wildman–Crippen LogP) is 3.29. The molecule has 2 aromatic carbocycles. The van der Waals surface area contributed by atoms with E-state index in [2.05, 4.69) is 0 Å². The number of halogens is 2.